The number of hydrogen-bond donors (Lipinski definition) is 0. The topological polar surface area (TPSA) is 62.9 Å². The second-order valence-corrected chi connectivity index (χ2v) is 11.8. The Kier molecular flexibility index (Phi) is 7.15. The van der Waals surface area contributed by atoms with Crippen molar-refractivity contribution in [1.29, 1.82) is 0 Å². The second-order valence-electron chi connectivity index (χ2n) is 11.8. The molecule has 2 aliphatic heterocycles. The highest BCUT2D eigenvalue weighted by Gasteiger charge is 2.30. The molecule has 2 fully saturated rings. The quantitative estimate of drug-likeness (QED) is 0.386. The molecule has 0 radical (unpaired) electrons. The zero-order valence-corrected chi connectivity index (χ0v) is 22.9. The minimum Gasteiger partial charge on any atom is -0.356 e. The molecule has 2 aromatic heterocycles. The summed E-state index contributed by atoms with van der Waals surface area (Å²) in [6, 6.07) is 9.87. The van der Waals surface area contributed by atoms with E-state index in [2.05, 4.69) is 49.3 Å². The van der Waals surface area contributed by atoms with Crippen LogP contribution in [-0.2, 0) is 11.3 Å². The summed E-state index contributed by atoms with van der Waals surface area (Å²) in [7, 11) is 0. The van der Waals surface area contributed by atoms with Gasteiger partial charge in [-0.25, -0.2) is 0 Å². The number of nitrogens with zero attached hydrogens (tertiary/aromatic N) is 5. The van der Waals surface area contributed by atoms with Crippen LogP contribution in [0.4, 0.5) is 11.5 Å². The molecule has 2 saturated heterocycles. The Bertz CT molecular complexity index is 1310. The van der Waals surface area contributed by atoms with E-state index in [1.165, 1.54) is 0 Å². The van der Waals surface area contributed by atoms with Crippen LogP contribution < -0.4 is 15.4 Å². The Balaban J connectivity index is 1.49. The number of carbonyl (C=O) groups excluding carboxylic acids is 1. The Hall–Kier alpha value is -3.09. The van der Waals surface area contributed by atoms with Crippen LogP contribution >= 0.6 is 0 Å². The molecular formula is C30H41N5O2. The molecule has 7 heteroatoms. The van der Waals surface area contributed by atoms with E-state index in [-0.39, 0.29) is 11.5 Å². The molecule has 0 atom stereocenters. The van der Waals surface area contributed by atoms with Crippen LogP contribution in [0.5, 0.6) is 0 Å². The lowest BCUT2D eigenvalue weighted by Crippen LogP contribution is -2.39. The molecule has 0 N–H and O–H groups in total. The number of anilines is 2. The number of amides is 1. The minimum atomic E-state index is -0.0345. The van der Waals surface area contributed by atoms with Crippen LogP contribution in [0, 0.1) is 11.3 Å². The van der Waals surface area contributed by atoms with Crippen LogP contribution in [0.15, 0.2) is 41.3 Å². The van der Waals surface area contributed by atoms with Crippen molar-refractivity contribution < 1.29 is 4.79 Å². The summed E-state index contributed by atoms with van der Waals surface area (Å²) in [4.78, 5) is 34.7. The van der Waals surface area contributed by atoms with Crippen LogP contribution in [0.1, 0.15) is 72.6 Å². The molecule has 1 aromatic carbocycles. The SMILES string of the molecule is CCCCCn1c(-c2ccc(N3CCCC3=O)cc2)cn2c(=O)cc(N3CCC(C(C)(C)C)CC3)nc12. The maximum absolute atomic E-state index is 13.3. The van der Waals surface area contributed by atoms with E-state index in [1.807, 2.05) is 23.2 Å². The van der Waals surface area contributed by atoms with E-state index < -0.39 is 0 Å². The van der Waals surface area contributed by atoms with Crippen molar-refractivity contribution in [3.8, 4) is 11.3 Å². The normalized spacial score (nSPS) is 17.4. The first kappa shape index (κ1) is 25.6. The van der Waals surface area contributed by atoms with Gasteiger partial charge in [-0.1, -0.05) is 52.7 Å². The number of rotatable bonds is 7. The van der Waals surface area contributed by atoms with E-state index in [4.69, 9.17) is 4.98 Å². The summed E-state index contributed by atoms with van der Waals surface area (Å²) in [6.45, 7) is 12.6. The molecular weight excluding hydrogens is 462 g/mol. The van der Waals surface area contributed by atoms with Gasteiger partial charge in [-0.05, 0) is 54.7 Å². The maximum atomic E-state index is 13.3. The monoisotopic (exact) mass is 503 g/mol. The van der Waals surface area contributed by atoms with E-state index in [9.17, 15) is 9.59 Å². The lowest BCUT2D eigenvalue weighted by Gasteiger charge is -2.39. The number of piperidine rings is 1. The standard InChI is InChI=1S/C30H41N5O2/c1-5-6-7-16-34-25(22-10-12-24(13-11-22)33-17-8-9-27(33)36)21-35-28(37)20-26(31-29(34)35)32-18-14-23(15-19-32)30(2,3)4/h10-13,20-21,23H,5-9,14-19H2,1-4H3. The first-order valence-corrected chi connectivity index (χ1v) is 14.0. The van der Waals surface area contributed by atoms with Crippen LogP contribution in [-0.4, -0.2) is 39.5 Å². The largest absolute Gasteiger partial charge is 0.356 e. The van der Waals surface area contributed by atoms with Gasteiger partial charge in [0.25, 0.3) is 5.56 Å². The number of aromatic nitrogens is 3. The first-order valence-electron chi connectivity index (χ1n) is 14.0. The average molecular weight is 504 g/mol. The summed E-state index contributed by atoms with van der Waals surface area (Å²) in [5.41, 5.74) is 3.24. The van der Waals surface area contributed by atoms with Crippen molar-refractivity contribution in [1.82, 2.24) is 14.0 Å². The molecule has 0 saturated carbocycles. The second kappa shape index (κ2) is 10.3. The summed E-state index contributed by atoms with van der Waals surface area (Å²) in [6.07, 6.45) is 9.01. The molecule has 4 heterocycles. The fraction of sp³-hybridized carbons (Fsp3) is 0.567. The molecule has 198 valence electrons. The van der Waals surface area contributed by atoms with Crippen LogP contribution in [0.25, 0.3) is 17.0 Å². The number of fused-ring (bicyclic) bond motifs is 1. The van der Waals surface area contributed by atoms with Gasteiger partial charge in [0, 0.05) is 50.6 Å². The molecule has 0 bridgehead atoms. The predicted molar refractivity (Wildman–Crippen MR) is 150 cm³/mol. The van der Waals surface area contributed by atoms with Gasteiger partial charge < -0.3 is 14.4 Å². The molecule has 0 aliphatic carbocycles. The molecule has 0 spiro atoms. The van der Waals surface area contributed by atoms with Gasteiger partial charge in [0.2, 0.25) is 11.7 Å². The maximum Gasteiger partial charge on any atom is 0.261 e. The number of benzene rings is 1. The molecule has 1 amide bonds. The number of carbonyl (C=O) groups is 1. The van der Waals surface area contributed by atoms with Gasteiger partial charge in [-0.3, -0.25) is 14.0 Å². The molecule has 7 nitrogen and oxygen atoms in total. The van der Waals surface area contributed by atoms with Gasteiger partial charge in [-0.2, -0.15) is 4.98 Å². The van der Waals surface area contributed by atoms with E-state index in [0.717, 1.165) is 87.5 Å². The van der Waals surface area contributed by atoms with Crippen molar-refractivity contribution in [2.45, 2.75) is 79.2 Å². The Labute approximate surface area is 220 Å². The van der Waals surface area contributed by atoms with Crippen molar-refractivity contribution in [2.24, 2.45) is 11.3 Å². The molecule has 2 aliphatic rings. The van der Waals surface area contributed by atoms with Gasteiger partial charge in [0.05, 0.1) is 5.69 Å². The fourth-order valence-corrected chi connectivity index (χ4v) is 5.92. The predicted octanol–water partition coefficient (Wildman–Crippen LogP) is 5.74. The van der Waals surface area contributed by atoms with Gasteiger partial charge in [-0.15, -0.1) is 0 Å². The van der Waals surface area contributed by atoms with Gasteiger partial charge in [0.1, 0.15) is 5.82 Å². The van der Waals surface area contributed by atoms with Crippen LogP contribution in [0.3, 0.4) is 0 Å². The summed E-state index contributed by atoms with van der Waals surface area (Å²) >= 11 is 0. The third-order valence-electron chi connectivity index (χ3n) is 8.28. The van der Waals surface area contributed by atoms with Crippen molar-refractivity contribution in [2.75, 3.05) is 29.4 Å². The summed E-state index contributed by atoms with van der Waals surface area (Å²) in [5.74, 6) is 2.39. The van der Waals surface area contributed by atoms with E-state index >= 15 is 0 Å². The third-order valence-corrected chi connectivity index (χ3v) is 8.28. The van der Waals surface area contributed by atoms with Gasteiger partial charge >= 0.3 is 0 Å². The average Bonchev–Trinajstić information content (AvgIpc) is 3.48. The fourth-order valence-electron chi connectivity index (χ4n) is 5.92. The molecule has 37 heavy (non-hydrogen) atoms. The van der Waals surface area contributed by atoms with E-state index in [1.54, 1.807) is 10.5 Å². The Morgan fingerprint density at radius 3 is 2.35 bits per heavy atom. The Morgan fingerprint density at radius 1 is 1.00 bits per heavy atom. The lowest BCUT2D eigenvalue weighted by atomic mass is 9.75. The highest BCUT2D eigenvalue weighted by Crippen LogP contribution is 2.35. The van der Waals surface area contributed by atoms with Gasteiger partial charge in [0.15, 0.2) is 0 Å². The highest BCUT2D eigenvalue weighted by molar-refractivity contribution is 5.95. The molecule has 0 unspecified atom stereocenters. The number of unbranched alkanes of at least 4 members (excludes halogenated alkanes) is 2. The Morgan fingerprint density at radius 2 is 1.73 bits per heavy atom. The molecule has 3 aromatic rings. The summed E-state index contributed by atoms with van der Waals surface area (Å²) in [5, 5.41) is 0. The number of imidazole rings is 1. The third kappa shape index (κ3) is 5.18. The smallest absolute Gasteiger partial charge is 0.261 e. The summed E-state index contributed by atoms with van der Waals surface area (Å²) < 4.78 is 3.91. The number of aryl methyl sites for hydroxylation is 1. The highest BCUT2D eigenvalue weighted by atomic mass is 16.2. The first-order chi connectivity index (χ1) is 17.8. The van der Waals surface area contributed by atoms with Crippen LogP contribution in [0.2, 0.25) is 0 Å². The minimum absolute atomic E-state index is 0.0345. The number of hydrogen-bond acceptors (Lipinski definition) is 4. The molecule has 5 rings (SSSR count). The zero-order valence-electron chi connectivity index (χ0n) is 22.9. The lowest BCUT2D eigenvalue weighted by molar-refractivity contribution is -0.117. The van der Waals surface area contributed by atoms with Crippen molar-refractivity contribution >= 4 is 23.2 Å². The zero-order chi connectivity index (χ0) is 26.2. The van der Waals surface area contributed by atoms with Crippen molar-refractivity contribution in [3.63, 3.8) is 0 Å². The van der Waals surface area contributed by atoms with E-state index in [0.29, 0.717) is 23.5 Å². The van der Waals surface area contributed by atoms with Crippen molar-refractivity contribution in [3.05, 3.63) is 46.9 Å².